The van der Waals surface area contributed by atoms with Gasteiger partial charge in [0.15, 0.2) is 0 Å². The lowest BCUT2D eigenvalue weighted by Crippen LogP contribution is -1.98. The van der Waals surface area contributed by atoms with Crippen LogP contribution in [0.1, 0.15) is 22.1 Å². The fourth-order valence-electron chi connectivity index (χ4n) is 1.89. The first-order valence-corrected chi connectivity index (χ1v) is 8.70. The molecule has 2 rings (SSSR count). The van der Waals surface area contributed by atoms with Crippen LogP contribution in [0.4, 0.5) is 0 Å². The molecule has 0 aliphatic carbocycles. The van der Waals surface area contributed by atoms with Gasteiger partial charge in [-0.3, -0.25) is 0 Å². The molecule has 106 valence electrons. The summed E-state index contributed by atoms with van der Waals surface area (Å²) in [7, 11) is 0. The van der Waals surface area contributed by atoms with Crippen LogP contribution in [0.15, 0.2) is 39.3 Å². The minimum absolute atomic E-state index is 0.140. The second-order valence-corrected chi connectivity index (χ2v) is 7.59. The van der Waals surface area contributed by atoms with Crippen molar-refractivity contribution < 1.29 is 0 Å². The Morgan fingerprint density at radius 3 is 2.35 bits per heavy atom. The van der Waals surface area contributed by atoms with Gasteiger partial charge >= 0.3 is 0 Å². The van der Waals surface area contributed by atoms with Gasteiger partial charge in [-0.15, -0.1) is 11.6 Å². The zero-order valence-corrected chi connectivity index (χ0v) is 16.0. The predicted octanol–water partition coefficient (Wildman–Crippen LogP) is 7.35. The normalized spacial score (nSPS) is 12.5. The number of hydrogen-bond acceptors (Lipinski definition) is 0. The zero-order valence-electron chi connectivity index (χ0n) is 10.6. The molecule has 0 N–H and O–H groups in total. The maximum atomic E-state index is 6.54. The topological polar surface area (TPSA) is 0 Å². The summed E-state index contributed by atoms with van der Waals surface area (Å²) < 4.78 is 2.06. The van der Waals surface area contributed by atoms with E-state index in [2.05, 4.69) is 44.0 Å². The highest BCUT2D eigenvalue weighted by Crippen LogP contribution is 2.35. The summed E-state index contributed by atoms with van der Waals surface area (Å²) in [5, 5.41) is 0.969. The number of rotatable bonds is 3. The number of alkyl halides is 1. The largest absolute Gasteiger partial charge is 0.117 e. The maximum absolute atomic E-state index is 6.54. The molecule has 0 fully saturated rings. The highest BCUT2D eigenvalue weighted by molar-refractivity contribution is 9.11. The number of halogens is 5. The molecule has 0 amide bonds. The van der Waals surface area contributed by atoms with Gasteiger partial charge in [-0.1, -0.05) is 61.1 Å². The number of hydrogen-bond donors (Lipinski definition) is 0. The minimum atomic E-state index is -0.140. The van der Waals surface area contributed by atoms with Crippen molar-refractivity contribution in [3.05, 3.63) is 66.0 Å². The Hall–Kier alpha value is 0.270. The second kappa shape index (κ2) is 7.02. The summed E-state index contributed by atoms with van der Waals surface area (Å²) in [5.74, 6) is 0. The molecular weight excluding hydrogens is 446 g/mol. The van der Waals surface area contributed by atoms with Crippen LogP contribution in [0, 0.1) is 6.92 Å². The minimum Gasteiger partial charge on any atom is -0.117 e. The predicted molar refractivity (Wildman–Crippen MR) is 95.3 cm³/mol. The first-order chi connectivity index (χ1) is 9.38. The first kappa shape index (κ1) is 16.6. The van der Waals surface area contributed by atoms with Gasteiger partial charge in [0.25, 0.3) is 0 Å². The first-order valence-electron chi connectivity index (χ1n) is 5.92. The quantitative estimate of drug-likeness (QED) is 0.423. The molecule has 0 aliphatic heterocycles. The standard InChI is InChI=1S/C15H11Br2Cl3/c1-8-4-12(17)10(7-11(8)16)14(19)5-9-2-3-13(18)15(20)6-9/h2-4,6-7,14H,5H2,1H3. The van der Waals surface area contributed by atoms with Crippen molar-refractivity contribution in [3.8, 4) is 0 Å². The van der Waals surface area contributed by atoms with E-state index in [1.165, 1.54) is 5.56 Å². The molecule has 0 saturated carbocycles. The van der Waals surface area contributed by atoms with Crippen LogP contribution in [0.3, 0.4) is 0 Å². The van der Waals surface area contributed by atoms with E-state index in [1.807, 2.05) is 19.1 Å². The maximum Gasteiger partial charge on any atom is 0.0637 e. The van der Waals surface area contributed by atoms with E-state index in [1.54, 1.807) is 6.07 Å². The van der Waals surface area contributed by atoms with Crippen molar-refractivity contribution >= 4 is 66.7 Å². The number of aryl methyl sites for hydroxylation is 1. The van der Waals surface area contributed by atoms with Crippen LogP contribution in [-0.4, -0.2) is 0 Å². The van der Waals surface area contributed by atoms with E-state index in [0.717, 1.165) is 20.1 Å². The third-order valence-corrected chi connectivity index (χ3v) is 5.68. The number of benzene rings is 2. The van der Waals surface area contributed by atoms with Crippen molar-refractivity contribution in [3.63, 3.8) is 0 Å². The van der Waals surface area contributed by atoms with Gasteiger partial charge in [0.05, 0.1) is 15.4 Å². The van der Waals surface area contributed by atoms with Gasteiger partial charge in [-0.2, -0.15) is 0 Å². The molecule has 0 aromatic heterocycles. The van der Waals surface area contributed by atoms with Crippen LogP contribution in [0.5, 0.6) is 0 Å². The van der Waals surface area contributed by atoms with Gasteiger partial charge in [-0.25, -0.2) is 0 Å². The molecule has 0 spiro atoms. The molecule has 0 aliphatic rings. The molecule has 0 nitrogen and oxygen atoms in total. The van der Waals surface area contributed by atoms with E-state index in [9.17, 15) is 0 Å². The van der Waals surface area contributed by atoms with E-state index < -0.39 is 0 Å². The second-order valence-electron chi connectivity index (χ2n) is 4.54. The monoisotopic (exact) mass is 454 g/mol. The Morgan fingerprint density at radius 1 is 1.00 bits per heavy atom. The Balaban J connectivity index is 2.25. The van der Waals surface area contributed by atoms with Crippen LogP contribution in [0.2, 0.25) is 10.0 Å². The van der Waals surface area contributed by atoms with Crippen molar-refractivity contribution in [2.45, 2.75) is 18.7 Å². The fraction of sp³-hybridized carbons (Fsp3) is 0.200. The van der Waals surface area contributed by atoms with Crippen molar-refractivity contribution in [1.29, 1.82) is 0 Å². The van der Waals surface area contributed by atoms with Crippen LogP contribution in [-0.2, 0) is 6.42 Å². The molecular formula is C15H11Br2Cl3. The molecule has 0 radical (unpaired) electrons. The van der Waals surface area contributed by atoms with Gasteiger partial charge in [0.1, 0.15) is 0 Å². The average molecular weight is 457 g/mol. The fourth-order valence-corrected chi connectivity index (χ4v) is 3.79. The molecule has 0 bridgehead atoms. The lowest BCUT2D eigenvalue weighted by molar-refractivity contribution is 0.912. The lowest BCUT2D eigenvalue weighted by atomic mass is 10.0. The van der Waals surface area contributed by atoms with E-state index >= 15 is 0 Å². The third kappa shape index (κ3) is 3.92. The van der Waals surface area contributed by atoms with Gasteiger partial charge in [-0.05, 0) is 54.3 Å². The van der Waals surface area contributed by atoms with Crippen LogP contribution < -0.4 is 0 Å². The zero-order chi connectivity index (χ0) is 14.9. The van der Waals surface area contributed by atoms with Crippen molar-refractivity contribution in [2.75, 3.05) is 0 Å². The Bertz CT molecular complexity index is 641. The molecule has 1 atom stereocenters. The summed E-state index contributed by atoms with van der Waals surface area (Å²) >= 11 is 25.6. The molecule has 20 heavy (non-hydrogen) atoms. The third-order valence-electron chi connectivity index (χ3n) is 3.01. The SMILES string of the molecule is Cc1cc(Br)c(C(Cl)Cc2ccc(Cl)c(Cl)c2)cc1Br. The molecule has 0 saturated heterocycles. The molecule has 2 aromatic rings. The summed E-state index contributed by atoms with van der Waals surface area (Å²) in [5.41, 5.74) is 3.28. The van der Waals surface area contributed by atoms with E-state index in [0.29, 0.717) is 16.5 Å². The van der Waals surface area contributed by atoms with Crippen molar-refractivity contribution in [1.82, 2.24) is 0 Å². The Labute approximate surface area is 150 Å². The molecule has 1 unspecified atom stereocenters. The van der Waals surface area contributed by atoms with E-state index in [-0.39, 0.29) is 5.38 Å². The Morgan fingerprint density at radius 2 is 1.70 bits per heavy atom. The molecule has 0 heterocycles. The Kier molecular flexibility index (Phi) is 5.84. The smallest absolute Gasteiger partial charge is 0.0637 e. The molecule has 2 aromatic carbocycles. The van der Waals surface area contributed by atoms with Crippen LogP contribution >= 0.6 is 66.7 Å². The summed E-state index contributed by atoms with van der Waals surface area (Å²) in [6, 6.07) is 9.71. The van der Waals surface area contributed by atoms with Gasteiger partial charge in [0.2, 0.25) is 0 Å². The van der Waals surface area contributed by atoms with E-state index in [4.69, 9.17) is 34.8 Å². The van der Waals surface area contributed by atoms with Gasteiger partial charge in [0, 0.05) is 8.95 Å². The lowest BCUT2D eigenvalue weighted by Gasteiger charge is -2.14. The summed E-state index contributed by atoms with van der Waals surface area (Å²) in [6.45, 7) is 2.04. The van der Waals surface area contributed by atoms with Crippen molar-refractivity contribution in [2.24, 2.45) is 0 Å². The summed E-state index contributed by atoms with van der Waals surface area (Å²) in [4.78, 5) is 0. The highest BCUT2D eigenvalue weighted by Gasteiger charge is 2.15. The highest BCUT2D eigenvalue weighted by atomic mass is 79.9. The summed E-state index contributed by atoms with van der Waals surface area (Å²) in [6.07, 6.45) is 0.687. The van der Waals surface area contributed by atoms with Crippen LogP contribution in [0.25, 0.3) is 0 Å². The van der Waals surface area contributed by atoms with Gasteiger partial charge < -0.3 is 0 Å². The molecule has 5 heteroatoms. The average Bonchev–Trinajstić information content (AvgIpc) is 2.38.